The maximum atomic E-state index is 10.9. The molecular weight excluding hydrogens is 262 g/mol. The van der Waals surface area contributed by atoms with Gasteiger partial charge in [0.15, 0.2) is 0 Å². The molecule has 0 saturated heterocycles. The van der Waals surface area contributed by atoms with E-state index in [1.807, 2.05) is 7.05 Å². The Morgan fingerprint density at radius 2 is 2.30 bits per heavy atom. The Morgan fingerprint density at radius 3 is 2.85 bits per heavy atom. The Kier molecular flexibility index (Phi) is 6.07. The van der Waals surface area contributed by atoms with Crippen LogP contribution in [0.5, 0.6) is 0 Å². The third-order valence-corrected chi connectivity index (χ3v) is 3.20. The SMILES string of the molecule is CCC(C)N(C)CCNc1nc(NN)ncc1[N+](=O)[O-]. The molecule has 1 heterocycles. The number of nitrogens with one attached hydrogen (secondary N) is 2. The molecular formula is C11H21N7O2. The molecule has 0 spiro atoms. The van der Waals surface area contributed by atoms with Crippen LogP contribution < -0.4 is 16.6 Å². The Morgan fingerprint density at radius 1 is 1.60 bits per heavy atom. The van der Waals surface area contributed by atoms with E-state index >= 15 is 0 Å². The highest BCUT2D eigenvalue weighted by atomic mass is 16.6. The van der Waals surface area contributed by atoms with Crippen molar-refractivity contribution in [3.05, 3.63) is 16.3 Å². The Bertz CT molecular complexity index is 454. The minimum Gasteiger partial charge on any atom is -0.363 e. The first-order chi connectivity index (χ1) is 9.49. The molecule has 20 heavy (non-hydrogen) atoms. The molecule has 9 heteroatoms. The summed E-state index contributed by atoms with van der Waals surface area (Å²) < 4.78 is 0. The van der Waals surface area contributed by atoms with E-state index in [2.05, 4.69) is 39.5 Å². The quantitative estimate of drug-likeness (QED) is 0.364. The lowest BCUT2D eigenvalue weighted by molar-refractivity contribution is -0.384. The zero-order valence-corrected chi connectivity index (χ0v) is 12.0. The van der Waals surface area contributed by atoms with Crippen LogP contribution in [0.2, 0.25) is 0 Å². The molecule has 1 aromatic rings. The monoisotopic (exact) mass is 283 g/mol. The fourth-order valence-corrected chi connectivity index (χ4v) is 1.59. The van der Waals surface area contributed by atoms with Crippen molar-refractivity contribution in [2.24, 2.45) is 5.84 Å². The van der Waals surface area contributed by atoms with Crippen LogP contribution in [0.25, 0.3) is 0 Å². The van der Waals surface area contributed by atoms with E-state index in [9.17, 15) is 10.1 Å². The number of anilines is 2. The highest BCUT2D eigenvalue weighted by Gasteiger charge is 2.17. The average molecular weight is 283 g/mol. The van der Waals surface area contributed by atoms with Gasteiger partial charge in [-0.2, -0.15) is 4.98 Å². The highest BCUT2D eigenvalue weighted by molar-refractivity contribution is 5.56. The molecule has 0 aliphatic carbocycles. The first kappa shape index (κ1) is 16.1. The lowest BCUT2D eigenvalue weighted by Gasteiger charge is -2.23. The van der Waals surface area contributed by atoms with Crippen LogP contribution in [0.1, 0.15) is 20.3 Å². The highest BCUT2D eigenvalue weighted by Crippen LogP contribution is 2.21. The Balaban J connectivity index is 2.68. The lowest BCUT2D eigenvalue weighted by Crippen LogP contribution is -2.32. The van der Waals surface area contributed by atoms with Crippen molar-refractivity contribution in [1.29, 1.82) is 0 Å². The second-order valence-corrected chi connectivity index (χ2v) is 4.49. The van der Waals surface area contributed by atoms with Crippen molar-refractivity contribution in [1.82, 2.24) is 14.9 Å². The van der Waals surface area contributed by atoms with Gasteiger partial charge < -0.3 is 10.2 Å². The minimum absolute atomic E-state index is 0.133. The van der Waals surface area contributed by atoms with Crippen LogP contribution in [-0.4, -0.2) is 46.0 Å². The number of nitrogens with zero attached hydrogens (tertiary/aromatic N) is 4. The molecule has 1 atom stereocenters. The van der Waals surface area contributed by atoms with Gasteiger partial charge in [0.05, 0.1) is 4.92 Å². The van der Waals surface area contributed by atoms with Crippen LogP contribution in [0.4, 0.5) is 17.5 Å². The molecule has 0 amide bonds. The van der Waals surface area contributed by atoms with Gasteiger partial charge in [-0.25, -0.2) is 10.8 Å². The molecule has 4 N–H and O–H groups in total. The molecule has 112 valence electrons. The first-order valence-corrected chi connectivity index (χ1v) is 6.41. The fourth-order valence-electron chi connectivity index (χ4n) is 1.59. The van der Waals surface area contributed by atoms with E-state index in [-0.39, 0.29) is 17.5 Å². The largest absolute Gasteiger partial charge is 0.363 e. The Hall–Kier alpha value is -2.00. The van der Waals surface area contributed by atoms with Gasteiger partial charge in [-0.05, 0) is 20.4 Å². The smallest absolute Gasteiger partial charge is 0.329 e. The zero-order chi connectivity index (χ0) is 15.1. The number of likely N-dealkylation sites (N-methyl/N-ethyl adjacent to an activating group) is 1. The summed E-state index contributed by atoms with van der Waals surface area (Å²) in [6, 6.07) is 0.457. The summed E-state index contributed by atoms with van der Waals surface area (Å²) in [5.74, 6) is 5.49. The van der Waals surface area contributed by atoms with Gasteiger partial charge in [0.2, 0.25) is 11.8 Å². The van der Waals surface area contributed by atoms with E-state index in [1.54, 1.807) is 0 Å². The van der Waals surface area contributed by atoms with E-state index in [0.717, 1.165) is 19.2 Å². The van der Waals surface area contributed by atoms with E-state index in [1.165, 1.54) is 0 Å². The summed E-state index contributed by atoms with van der Waals surface area (Å²) >= 11 is 0. The number of nitro groups is 1. The summed E-state index contributed by atoms with van der Waals surface area (Å²) in [4.78, 5) is 20.2. The molecule has 0 radical (unpaired) electrons. The molecule has 0 aliphatic heterocycles. The van der Waals surface area contributed by atoms with Gasteiger partial charge in [0.25, 0.3) is 0 Å². The number of rotatable bonds is 8. The number of hydrogen-bond acceptors (Lipinski definition) is 8. The van der Waals surface area contributed by atoms with Gasteiger partial charge >= 0.3 is 5.69 Å². The van der Waals surface area contributed by atoms with Crippen LogP contribution >= 0.6 is 0 Å². The molecule has 0 aliphatic rings. The number of nitrogens with two attached hydrogens (primary N) is 1. The predicted molar refractivity (Wildman–Crippen MR) is 77.4 cm³/mol. The van der Waals surface area contributed by atoms with Gasteiger partial charge in [-0.15, -0.1) is 0 Å². The molecule has 0 saturated carbocycles. The molecule has 1 rings (SSSR count). The molecule has 0 fully saturated rings. The topological polar surface area (TPSA) is 122 Å². The summed E-state index contributed by atoms with van der Waals surface area (Å²) in [5, 5.41) is 13.8. The van der Waals surface area contributed by atoms with Crippen LogP contribution in [0, 0.1) is 10.1 Å². The van der Waals surface area contributed by atoms with E-state index < -0.39 is 4.92 Å². The molecule has 0 aromatic carbocycles. The number of hydrogen-bond donors (Lipinski definition) is 3. The van der Waals surface area contributed by atoms with Crippen molar-refractivity contribution in [3.8, 4) is 0 Å². The minimum atomic E-state index is -0.527. The Labute approximate surface area is 117 Å². The predicted octanol–water partition coefficient (Wildman–Crippen LogP) is 0.813. The van der Waals surface area contributed by atoms with Gasteiger partial charge in [0.1, 0.15) is 6.20 Å². The van der Waals surface area contributed by atoms with Gasteiger partial charge in [-0.1, -0.05) is 6.92 Å². The maximum Gasteiger partial charge on any atom is 0.329 e. The van der Waals surface area contributed by atoms with Crippen LogP contribution in [0.3, 0.4) is 0 Å². The zero-order valence-electron chi connectivity index (χ0n) is 12.0. The summed E-state index contributed by atoms with van der Waals surface area (Å²) in [6.45, 7) is 5.54. The van der Waals surface area contributed by atoms with Crippen LogP contribution in [0.15, 0.2) is 6.20 Å². The molecule has 0 bridgehead atoms. The maximum absolute atomic E-state index is 10.9. The molecule has 1 aromatic heterocycles. The van der Waals surface area contributed by atoms with Crippen molar-refractivity contribution >= 4 is 17.5 Å². The average Bonchev–Trinajstić information content (AvgIpc) is 2.45. The number of hydrazine groups is 1. The molecule has 9 nitrogen and oxygen atoms in total. The molecule has 1 unspecified atom stereocenters. The lowest BCUT2D eigenvalue weighted by atomic mass is 10.2. The van der Waals surface area contributed by atoms with E-state index in [0.29, 0.717) is 12.6 Å². The summed E-state index contributed by atoms with van der Waals surface area (Å²) in [7, 11) is 2.01. The second kappa shape index (κ2) is 7.56. The van der Waals surface area contributed by atoms with Crippen LogP contribution in [-0.2, 0) is 0 Å². The summed E-state index contributed by atoms with van der Waals surface area (Å²) in [6.07, 6.45) is 2.17. The third kappa shape index (κ3) is 4.28. The van der Waals surface area contributed by atoms with Crippen molar-refractivity contribution in [2.75, 3.05) is 30.9 Å². The number of nitrogen functional groups attached to an aromatic ring is 1. The van der Waals surface area contributed by atoms with Crippen molar-refractivity contribution in [2.45, 2.75) is 26.3 Å². The fraction of sp³-hybridized carbons (Fsp3) is 0.636. The second-order valence-electron chi connectivity index (χ2n) is 4.49. The number of aromatic nitrogens is 2. The standard InChI is InChI=1S/C11H21N7O2/c1-4-8(2)17(3)6-5-13-10-9(18(19)20)7-14-11(15-10)16-12/h7-8H,4-6,12H2,1-3H3,(H2,13,14,15,16). The van der Waals surface area contributed by atoms with Crippen molar-refractivity contribution in [3.63, 3.8) is 0 Å². The summed E-state index contributed by atoms with van der Waals surface area (Å²) in [5.41, 5.74) is 2.09. The first-order valence-electron chi connectivity index (χ1n) is 6.41. The van der Waals surface area contributed by atoms with Gasteiger partial charge in [0, 0.05) is 19.1 Å². The van der Waals surface area contributed by atoms with Gasteiger partial charge in [-0.3, -0.25) is 15.5 Å². The normalized spacial score (nSPS) is 12.2. The van der Waals surface area contributed by atoms with E-state index in [4.69, 9.17) is 5.84 Å². The van der Waals surface area contributed by atoms with Crippen molar-refractivity contribution < 1.29 is 4.92 Å². The third-order valence-electron chi connectivity index (χ3n) is 3.20.